The number of para-hydroxylation sites is 1. The zero-order valence-electron chi connectivity index (χ0n) is 20.0. The summed E-state index contributed by atoms with van der Waals surface area (Å²) in [6, 6.07) is 14.5. The Morgan fingerprint density at radius 2 is 1.79 bits per heavy atom. The number of rotatable bonds is 9. The average molecular weight is 463 g/mol. The second-order valence-corrected chi connectivity index (χ2v) is 8.10. The fourth-order valence-corrected chi connectivity index (χ4v) is 4.23. The Bertz CT molecular complexity index is 1390. The molecule has 2 aromatic carbocycles. The minimum atomic E-state index is -0.510. The molecule has 1 atom stereocenters. The molecule has 0 fully saturated rings. The molecular weight excluding hydrogens is 432 g/mol. The monoisotopic (exact) mass is 462 g/mol. The Labute approximate surface area is 198 Å². The molecule has 0 bridgehead atoms. The quantitative estimate of drug-likeness (QED) is 0.410. The summed E-state index contributed by atoms with van der Waals surface area (Å²) < 4.78 is 15.1. The standard InChI is InChI=1S/C26H30N4O4/c1-5-33-22-12-11-19(16-23(22)34-6-2)13-14-27-26(32)18(4)30-21-10-8-7-9-20(21)25-28-24(31)15-17(3)29(25)30/h7-12,15-16,18H,5-6,13-14H2,1-4H3,(H,27,32)/t18-/m1/s1. The van der Waals surface area contributed by atoms with Gasteiger partial charge in [0.05, 0.1) is 18.7 Å². The molecule has 0 aliphatic rings. The fourth-order valence-electron chi connectivity index (χ4n) is 4.23. The fraction of sp³-hybridized carbons (Fsp3) is 0.346. The number of carbonyl (C=O) groups excluding carboxylic acids is 1. The number of aryl methyl sites for hydroxylation is 1. The molecule has 4 aromatic rings. The first-order chi connectivity index (χ1) is 16.4. The van der Waals surface area contributed by atoms with Crippen LogP contribution in [0.1, 0.15) is 38.1 Å². The van der Waals surface area contributed by atoms with Gasteiger partial charge >= 0.3 is 0 Å². The molecule has 0 aliphatic heterocycles. The van der Waals surface area contributed by atoms with Crippen molar-refractivity contribution in [2.75, 3.05) is 19.8 Å². The van der Waals surface area contributed by atoms with Crippen molar-refractivity contribution in [3.05, 3.63) is 70.1 Å². The van der Waals surface area contributed by atoms with Crippen molar-refractivity contribution in [1.82, 2.24) is 19.5 Å². The van der Waals surface area contributed by atoms with Crippen LogP contribution in [-0.2, 0) is 11.2 Å². The number of carbonyl (C=O) groups is 1. The molecule has 0 aliphatic carbocycles. The van der Waals surface area contributed by atoms with Gasteiger partial charge in [-0.3, -0.25) is 14.3 Å². The third-order valence-electron chi connectivity index (χ3n) is 5.76. The number of ether oxygens (including phenoxy) is 2. The van der Waals surface area contributed by atoms with Crippen molar-refractivity contribution in [3.8, 4) is 11.5 Å². The van der Waals surface area contributed by atoms with Crippen LogP contribution in [0, 0.1) is 6.92 Å². The number of aromatic nitrogens is 3. The van der Waals surface area contributed by atoms with Crippen LogP contribution in [0.2, 0.25) is 0 Å². The van der Waals surface area contributed by atoms with E-state index in [0.717, 1.165) is 27.9 Å². The highest BCUT2D eigenvalue weighted by Gasteiger charge is 2.22. The van der Waals surface area contributed by atoms with Gasteiger partial charge in [0.25, 0.3) is 5.56 Å². The first-order valence-electron chi connectivity index (χ1n) is 11.6. The third kappa shape index (κ3) is 4.48. The molecule has 178 valence electrons. The molecule has 34 heavy (non-hydrogen) atoms. The van der Waals surface area contributed by atoms with Crippen LogP contribution >= 0.6 is 0 Å². The lowest BCUT2D eigenvalue weighted by Crippen LogP contribution is -2.34. The van der Waals surface area contributed by atoms with Gasteiger partial charge in [0.1, 0.15) is 6.04 Å². The average Bonchev–Trinajstić information content (AvgIpc) is 3.15. The van der Waals surface area contributed by atoms with E-state index in [1.807, 2.05) is 79.4 Å². The lowest BCUT2D eigenvalue weighted by molar-refractivity contribution is -0.124. The Morgan fingerprint density at radius 3 is 2.56 bits per heavy atom. The summed E-state index contributed by atoms with van der Waals surface area (Å²) in [5.41, 5.74) is 2.88. The van der Waals surface area contributed by atoms with Gasteiger partial charge in [-0.1, -0.05) is 18.2 Å². The van der Waals surface area contributed by atoms with E-state index in [4.69, 9.17) is 9.47 Å². The molecular formula is C26H30N4O4. The maximum absolute atomic E-state index is 13.1. The lowest BCUT2D eigenvalue weighted by Gasteiger charge is -2.18. The molecule has 4 rings (SSSR count). The van der Waals surface area contributed by atoms with Crippen molar-refractivity contribution in [2.24, 2.45) is 0 Å². The second-order valence-electron chi connectivity index (χ2n) is 8.10. The van der Waals surface area contributed by atoms with Gasteiger partial charge in [-0.15, -0.1) is 0 Å². The maximum atomic E-state index is 13.1. The van der Waals surface area contributed by atoms with Gasteiger partial charge in [0.15, 0.2) is 17.1 Å². The highest BCUT2D eigenvalue weighted by molar-refractivity contribution is 5.94. The molecule has 0 saturated carbocycles. The van der Waals surface area contributed by atoms with Crippen LogP contribution in [0.3, 0.4) is 0 Å². The highest BCUT2D eigenvalue weighted by atomic mass is 16.5. The van der Waals surface area contributed by atoms with Gasteiger partial charge in [0, 0.05) is 23.7 Å². The number of nitrogens with one attached hydrogen (secondary N) is 1. The minimum Gasteiger partial charge on any atom is -0.490 e. The first-order valence-corrected chi connectivity index (χ1v) is 11.6. The molecule has 0 radical (unpaired) electrons. The molecule has 8 heteroatoms. The Balaban J connectivity index is 1.54. The van der Waals surface area contributed by atoms with Crippen LogP contribution in [0.15, 0.2) is 53.3 Å². The molecule has 0 saturated heterocycles. The molecule has 0 unspecified atom stereocenters. The van der Waals surface area contributed by atoms with Crippen molar-refractivity contribution in [3.63, 3.8) is 0 Å². The predicted octanol–water partition coefficient (Wildman–Crippen LogP) is 3.67. The van der Waals surface area contributed by atoms with Crippen molar-refractivity contribution in [2.45, 2.75) is 40.2 Å². The van der Waals surface area contributed by atoms with Crippen molar-refractivity contribution in [1.29, 1.82) is 0 Å². The number of nitrogens with zero attached hydrogens (tertiary/aromatic N) is 3. The van der Waals surface area contributed by atoms with E-state index in [0.29, 0.717) is 37.6 Å². The molecule has 8 nitrogen and oxygen atoms in total. The van der Waals surface area contributed by atoms with Crippen LogP contribution < -0.4 is 20.3 Å². The third-order valence-corrected chi connectivity index (χ3v) is 5.76. The van der Waals surface area contributed by atoms with E-state index in [1.165, 1.54) is 6.07 Å². The highest BCUT2D eigenvalue weighted by Crippen LogP contribution is 2.29. The van der Waals surface area contributed by atoms with E-state index >= 15 is 0 Å². The zero-order chi connectivity index (χ0) is 24.2. The summed E-state index contributed by atoms with van der Waals surface area (Å²) in [5, 5.41) is 3.88. The molecule has 0 spiro atoms. The summed E-state index contributed by atoms with van der Waals surface area (Å²) in [5.74, 6) is 1.32. The molecule has 2 aromatic heterocycles. The van der Waals surface area contributed by atoms with E-state index in [2.05, 4.69) is 10.3 Å². The lowest BCUT2D eigenvalue weighted by atomic mass is 10.1. The van der Waals surface area contributed by atoms with Crippen molar-refractivity contribution < 1.29 is 14.3 Å². The summed E-state index contributed by atoms with van der Waals surface area (Å²) in [4.78, 5) is 29.4. The second kappa shape index (κ2) is 9.99. The zero-order valence-corrected chi connectivity index (χ0v) is 20.0. The minimum absolute atomic E-state index is 0.114. The summed E-state index contributed by atoms with van der Waals surface area (Å²) in [6.07, 6.45) is 0.658. The number of hydrogen-bond acceptors (Lipinski definition) is 5. The predicted molar refractivity (Wildman–Crippen MR) is 132 cm³/mol. The van der Waals surface area contributed by atoms with Crippen LogP contribution in [0.4, 0.5) is 0 Å². The molecule has 1 amide bonds. The largest absolute Gasteiger partial charge is 0.490 e. The van der Waals surface area contributed by atoms with Crippen LogP contribution in [0.5, 0.6) is 11.5 Å². The van der Waals surface area contributed by atoms with E-state index in [1.54, 1.807) is 0 Å². The van der Waals surface area contributed by atoms with Gasteiger partial charge < -0.3 is 14.8 Å². The van der Waals surface area contributed by atoms with Crippen LogP contribution in [0.25, 0.3) is 16.6 Å². The normalized spacial score (nSPS) is 12.1. The SMILES string of the molecule is CCOc1ccc(CCNC(=O)[C@@H](C)n2c3ccccc3c3nc(=O)cc(C)n32)cc1OCC. The summed E-state index contributed by atoms with van der Waals surface area (Å²) in [7, 11) is 0. The molecule has 1 N–H and O–H groups in total. The topological polar surface area (TPSA) is 86.9 Å². The Hall–Kier alpha value is -3.81. The maximum Gasteiger partial charge on any atom is 0.273 e. The van der Waals surface area contributed by atoms with Gasteiger partial charge in [-0.05, 0) is 63.9 Å². The van der Waals surface area contributed by atoms with E-state index in [-0.39, 0.29) is 11.5 Å². The van der Waals surface area contributed by atoms with Crippen molar-refractivity contribution >= 4 is 22.5 Å². The van der Waals surface area contributed by atoms with Crippen LogP contribution in [-0.4, -0.2) is 39.8 Å². The summed E-state index contributed by atoms with van der Waals surface area (Å²) >= 11 is 0. The van der Waals surface area contributed by atoms with Gasteiger partial charge in [-0.2, -0.15) is 4.98 Å². The number of hydrogen-bond donors (Lipinski definition) is 1. The van der Waals surface area contributed by atoms with E-state index < -0.39 is 6.04 Å². The Kier molecular flexibility index (Phi) is 6.86. The first kappa shape index (κ1) is 23.4. The van der Waals surface area contributed by atoms with E-state index in [9.17, 15) is 9.59 Å². The summed E-state index contributed by atoms with van der Waals surface area (Å²) in [6.45, 7) is 9.17. The van der Waals surface area contributed by atoms with Gasteiger partial charge in [-0.25, -0.2) is 4.52 Å². The van der Waals surface area contributed by atoms with Gasteiger partial charge in [0.2, 0.25) is 5.91 Å². The smallest absolute Gasteiger partial charge is 0.273 e. The Morgan fingerprint density at radius 1 is 1.06 bits per heavy atom. The number of fused-ring (bicyclic) bond motifs is 3. The number of benzene rings is 2. The number of amides is 1. The molecule has 2 heterocycles.